The number of hydrogen-bond acceptors (Lipinski definition) is 1. The maximum Gasteiger partial charge on any atom is 0.220 e. The number of hydrogen-bond donors (Lipinski definition) is 1. The fourth-order valence-electron chi connectivity index (χ4n) is 3.26. The number of primary amides is 1. The summed E-state index contributed by atoms with van der Waals surface area (Å²) in [4.78, 5) is 11.3. The Morgan fingerprint density at radius 3 is 2.94 bits per heavy atom. The van der Waals surface area contributed by atoms with Crippen molar-refractivity contribution in [3.63, 3.8) is 0 Å². The summed E-state index contributed by atoms with van der Waals surface area (Å²) in [6, 6.07) is 0. The maximum atomic E-state index is 11.3. The van der Waals surface area contributed by atoms with E-state index in [1.807, 2.05) is 0 Å². The molecule has 1 saturated carbocycles. The zero-order chi connectivity index (χ0) is 11.8. The molecule has 0 heterocycles. The standard InChI is InChI=1S/C15H17NO/c16-15(17)12-7-8-14-11(9-12)6-5-10-3-1-2-4-13(10)14/h1-6,12-14H,7-9H2,(H2,16,17). The van der Waals surface area contributed by atoms with E-state index in [4.69, 9.17) is 5.73 Å². The summed E-state index contributed by atoms with van der Waals surface area (Å²) >= 11 is 0. The van der Waals surface area contributed by atoms with Gasteiger partial charge in [-0.25, -0.2) is 0 Å². The minimum atomic E-state index is -0.141. The van der Waals surface area contributed by atoms with Crippen molar-refractivity contribution in [3.8, 4) is 0 Å². The number of allylic oxidation sites excluding steroid dienone is 8. The molecule has 88 valence electrons. The molecule has 3 rings (SSSR count). The number of amides is 1. The predicted octanol–water partition coefficient (Wildman–Crippen LogP) is 2.50. The lowest BCUT2D eigenvalue weighted by molar-refractivity contribution is -0.122. The second kappa shape index (κ2) is 4.02. The third-order valence-electron chi connectivity index (χ3n) is 4.21. The van der Waals surface area contributed by atoms with E-state index < -0.39 is 0 Å². The Balaban J connectivity index is 1.88. The largest absolute Gasteiger partial charge is 0.369 e. The first kappa shape index (κ1) is 10.6. The molecule has 0 saturated heterocycles. The Morgan fingerprint density at radius 2 is 2.12 bits per heavy atom. The molecule has 0 aromatic carbocycles. The molecule has 1 fully saturated rings. The normalized spacial score (nSPS) is 34.5. The van der Waals surface area contributed by atoms with Gasteiger partial charge in [-0.15, -0.1) is 0 Å². The smallest absolute Gasteiger partial charge is 0.220 e. The first-order valence-corrected chi connectivity index (χ1v) is 6.30. The van der Waals surface area contributed by atoms with Crippen molar-refractivity contribution in [3.05, 3.63) is 47.6 Å². The average molecular weight is 227 g/mol. The minimum Gasteiger partial charge on any atom is -0.369 e. The van der Waals surface area contributed by atoms with Crippen LogP contribution in [0.4, 0.5) is 0 Å². The summed E-state index contributed by atoms with van der Waals surface area (Å²) in [6.45, 7) is 0. The van der Waals surface area contributed by atoms with Crippen molar-refractivity contribution in [2.24, 2.45) is 23.5 Å². The van der Waals surface area contributed by atoms with Gasteiger partial charge in [-0.1, -0.05) is 42.0 Å². The number of fused-ring (bicyclic) bond motifs is 3. The summed E-state index contributed by atoms with van der Waals surface area (Å²) in [6.07, 6.45) is 16.0. The topological polar surface area (TPSA) is 43.1 Å². The molecule has 0 aliphatic heterocycles. The minimum absolute atomic E-state index is 0.0514. The second-order valence-electron chi connectivity index (χ2n) is 5.17. The molecule has 2 heteroatoms. The van der Waals surface area contributed by atoms with Crippen molar-refractivity contribution in [2.45, 2.75) is 19.3 Å². The molecule has 3 aliphatic carbocycles. The van der Waals surface area contributed by atoms with Crippen LogP contribution in [0, 0.1) is 17.8 Å². The lowest BCUT2D eigenvalue weighted by Gasteiger charge is -2.37. The van der Waals surface area contributed by atoms with E-state index >= 15 is 0 Å². The van der Waals surface area contributed by atoms with E-state index in [9.17, 15) is 4.79 Å². The third kappa shape index (κ3) is 1.78. The van der Waals surface area contributed by atoms with E-state index in [0.29, 0.717) is 11.8 Å². The quantitative estimate of drug-likeness (QED) is 0.734. The highest BCUT2D eigenvalue weighted by atomic mass is 16.1. The number of carbonyl (C=O) groups is 1. The number of nitrogens with two attached hydrogens (primary N) is 1. The van der Waals surface area contributed by atoms with Crippen LogP contribution in [0.15, 0.2) is 47.6 Å². The first-order valence-electron chi connectivity index (χ1n) is 6.30. The zero-order valence-electron chi connectivity index (χ0n) is 9.80. The molecule has 3 aliphatic rings. The van der Waals surface area contributed by atoms with Gasteiger partial charge in [-0.2, -0.15) is 0 Å². The van der Waals surface area contributed by atoms with Crippen LogP contribution in [0.1, 0.15) is 19.3 Å². The average Bonchev–Trinajstić information content (AvgIpc) is 2.38. The van der Waals surface area contributed by atoms with E-state index in [1.54, 1.807) is 0 Å². The highest BCUT2D eigenvalue weighted by Gasteiger charge is 2.34. The van der Waals surface area contributed by atoms with Gasteiger partial charge in [0.1, 0.15) is 0 Å². The fourth-order valence-corrected chi connectivity index (χ4v) is 3.26. The fraction of sp³-hybridized carbons (Fsp3) is 0.400. The van der Waals surface area contributed by atoms with Gasteiger partial charge in [0.05, 0.1) is 0 Å². The molecule has 1 amide bonds. The van der Waals surface area contributed by atoms with Crippen LogP contribution in [0.25, 0.3) is 0 Å². The second-order valence-corrected chi connectivity index (χ2v) is 5.17. The molecule has 2 nitrogen and oxygen atoms in total. The zero-order valence-corrected chi connectivity index (χ0v) is 9.80. The molecule has 17 heavy (non-hydrogen) atoms. The van der Waals surface area contributed by atoms with Gasteiger partial charge in [-0.3, -0.25) is 4.79 Å². The summed E-state index contributed by atoms with van der Waals surface area (Å²) in [5.74, 6) is 1.02. The van der Waals surface area contributed by atoms with Crippen LogP contribution in [-0.4, -0.2) is 5.91 Å². The van der Waals surface area contributed by atoms with E-state index in [1.165, 1.54) is 11.1 Å². The molecule has 3 unspecified atom stereocenters. The van der Waals surface area contributed by atoms with Crippen LogP contribution >= 0.6 is 0 Å². The molecule has 0 aromatic rings. The molecule has 2 N–H and O–H groups in total. The van der Waals surface area contributed by atoms with Crippen molar-refractivity contribution in [1.29, 1.82) is 0 Å². The van der Waals surface area contributed by atoms with Crippen molar-refractivity contribution in [1.82, 2.24) is 0 Å². The van der Waals surface area contributed by atoms with Crippen LogP contribution in [-0.2, 0) is 4.79 Å². The Kier molecular flexibility index (Phi) is 2.50. The molecule has 3 atom stereocenters. The highest BCUT2D eigenvalue weighted by molar-refractivity contribution is 5.77. The van der Waals surface area contributed by atoms with Crippen LogP contribution in [0.2, 0.25) is 0 Å². The highest BCUT2D eigenvalue weighted by Crippen LogP contribution is 2.44. The van der Waals surface area contributed by atoms with E-state index in [2.05, 4.69) is 36.5 Å². The Bertz CT molecular complexity index is 467. The Morgan fingerprint density at radius 1 is 1.24 bits per heavy atom. The molecular weight excluding hydrogens is 210 g/mol. The molecular formula is C15H17NO. The Labute approximate surface area is 102 Å². The van der Waals surface area contributed by atoms with Crippen molar-refractivity contribution in [2.75, 3.05) is 0 Å². The van der Waals surface area contributed by atoms with E-state index in [-0.39, 0.29) is 11.8 Å². The SMILES string of the molecule is NC(=O)C1CCC2C(=CC=C3C=CC=CC32)C1. The van der Waals surface area contributed by atoms with Crippen molar-refractivity contribution >= 4 is 5.91 Å². The van der Waals surface area contributed by atoms with E-state index in [0.717, 1.165) is 19.3 Å². The molecule has 0 bridgehead atoms. The monoisotopic (exact) mass is 227 g/mol. The molecule has 0 radical (unpaired) electrons. The summed E-state index contributed by atoms with van der Waals surface area (Å²) in [5, 5.41) is 0. The summed E-state index contributed by atoms with van der Waals surface area (Å²) in [7, 11) is 0. The van der Waals surface area contributed by atoms with Gasteiger partial charge in [0.2, 0.25) is 5.91 Å². The van der Waals surface area contributed by atoms with Crippen LogP contribution in [0.5, 0.6) is 0 Å². The summed E-state index contributed by atoms with van der Waals surface area (Å²) in [5.41, 5.74) is 8.23. The maximum absolute atomic E-state index is 11.3. The Hall–Kier alpha value is -1.57. The lowest BCUT2D eigenvalue weighted by Crippen LogP contribution is -2.32. The first-order chi connectivity index (χ1) is 8.25. The number of rotatable bonds is 1. The van der Waals surface area contributed by atoms with Gasteiger partial charge < -0.3 is 5.73 Å². The van der Waals surface area contributed by atoms with Crippen LogP contribution in [0.3, 0.4) is 0 Å². The lowest BCUT2D eigenvalue weighted by atomic mass is 9.67. The molecule has 0 aromatic heterocycles. The number of carbonyl (C=O) groups excluding carboxylic acids is 1. The van der Waals surface area contributed by atoms with Gasteiger partial charge in [0.25, 0.3) is 0 Å². The predicted molar refractivity (Wildman–Crippen MR) is 68.0 cm³/mol. The third-order valence-corrected chi connectivity index (χ3v) is 4.21. The van der Waals surface area contributed by atoms with Gasteiger partial charge in [0.15, 0.2) is 0 Å². The summed E-state index contributed by atoms with van der Waals surface area (Å²) < 4.78 is 0. The van der Waals surface area contributed by atoms with Gasteiger partial charge in [-0.05, 0) is 30.8 Å². The molecule has 0 spiro atoms. The van der Waals surface area contributed by atoms with Gasteiger partial charge >= 0.3 is 0 Å². The van der Waals surface area contributed by atoms with Gasteiger partial charge in [0, 0.05) is 11.8 Å². The van der Waals surface area contributed by atoms with Crippen molar-refractivity contribution < 1.29 is 4.79 Å². The van der Waals surface area contributed by atoms with Crippen LogP contribution < -0.4 is 5.73 Å².